The molecular formula is C10H10O5. The third-order valence-electron chi connectivity index (χ3n) is 1.77. The molecule has 0 atom stereocenters. The molecule has 0 aliphatic rings. The molecule has 0 bridgehead atoms. The number of carboxylic acids is 1. The molecule has 1 aromatic rings. The molecule has 0 radical (unpaired) electrons. The van der Waals surface area contributed by atoms with E-state index in [1.54, 1.807) is 0 Å². The van der Waals surface area contributed by atoms with Crippen LogP contribution >= 0.6 is 0 Å². The predicted octanol–water partition coefficient (Wildman–Crippen LogP) is 0.420. The number of aliphatic hydroxyl groups excluding tert-OH is 1. The summed E-state index contributed by atoms with van der Waals surface area (Å²) in [6, 6.07) is 5.87. The summed E-state index contributed by atoms with van der Waals surface area (Å²) in [6.45, 7) is -0.647. The van der Waals surface area contributed by atoms with Crippen molar-refractivity contribution in [3.05, 3.63) is 35.4 Å². The van der Waals surface area contributed by atoms with Crippen molar-refractivity contribution in [3.8, 4) is 0 Å². The van der Waals surface area contributed by atoms with Crippen molar-refractivity contribution in [2.24, 2.45) is 0 Å². The van der Waals surface area contributed by atoms with Gasteiger partial charge in [0.2, 0.25) is 0 Å². The molecule has 0 saturated carbocycles. The molecule has 5 heteroatoms. The predicted molar refractivity (Wildman–Crippen MR) is 50.3 cm³/mol. The Hall–Kier alpha value is -1.88. The van der Waals surface area contributed by atoms with Gasteiger partial charge in [-0.1, -0.05) is 12.1 Å². The summed E-state index contributed by atoms with van der Waals surface area (Å²) in [5, 5.41) is 16.9. The molecule has 15 heavy (non-hydrogen) atoms. The van der Waals surface area contributed by atoms with E-state index < -0.39 is 18.7 Å². The molecule has 0 unspecified atom stereocenters. The van der Waals surface area contributed by atoms with E-state index in [4.69, 9.17) is 10.2 Å². The Labute approximate surface area is 85.9 Å². The van der Waals surface area contributed by atoms with Crippen LogP contribution in [0.5, 0.6) is 0 Å². The molecule has 5 nitrogen and oxygen atoms in total. The fraction of sp³-hybridized carbons (Fsp3) is 0.200. The van der Waals surface area contributed by atoms with Gasteiger partial charge in [0.1, 0.15) is 0 Å². The summed E-state index contributed by atoms with van der Waals surface area (Å²) in [4.78, 5) is 21.4. The maximum Gasteiger partial charge on any atom is 0.335 e. The highest BCUT2D eigenvalue weighted by Crippen LogP contribution is 2.05. The zero-order valence-corrected chi connectivity index (χ0v) is 7.84. The van der Waals surface area contributed by atoms with Crippen LogP contribution in [-0.2, 0) is 16.0 Å². The molecule has 0 saturated heterocycles. The molecule has 0 aromatic heterocycles. The third-order valence-corrected chi connectivity index (χ3v) is 1.77. The van der Waals surface area contributed by atoms with Gasteiger partial charge in [-0.3, -0.25) is 4.79 Å². The zero-order valence-electron chi connectivity index (χ0n) is 7.84. The lowest BCUT2D eigenvalue weighted by Crippen LogP contribution is -2.08. The van der Waals surface area contributed by atoms with E-state index in [9.17, 15) is 9.59 Å². The molecule has 0 heterocycles. The lowest BCUT2D eigenvalue weighted by molar-refractivity contribution is -0.150. The van der Waals surface area contributed by atoms with Gasteiger partial charge in [-0.15, -0.1) is 0 Å². The van der Waals surface area contributed by atoms with E-state index in [1.807, 2.05) is 0 Å². The number of esters is 1. The lowest BCUT2D eigenvalue weighted by Gasteiger charge is -2.01. The minimum absolute atomic E-state index is 0.0143. The number of benzene rings is 1. The minimum Gasteiger partial charge on any atom is -0.478 e. The Morgan fingerprint density at radius 3 is 2.27 bits per heavy atom. The van der Waals surface area contributed by atoms with Crippen LogP contribution < -0.4 is 0 Å². The first-order valence-corrected chi connectivity index (χ1v) is 4.22. The van der Waals surface area contributed by atoms with Crippen LogP contribution in [0.15, 0.2) is 24.3 Å². The van der Waals surface area contributed by atoms with Crippen molar-refractivity contribution in [1.82, 2.24) is 0 Å². The lowest BCUT2D eigenvalue weighted by atomic mass is 10.1. The van der Waals surface area contributed by atoms with Crippen LogP contribution in [-0.4, -0.2) is 28.9 Å². The topological polar surface area (TPSA) is 83.8 Å². The highest BCUT2D eigenvalue weighted by atomic mass is 16.6. The maximum atomic E-state index is 10.9. The van der Waals surface area contributed by atoms with Gasteiger partial charge in [0, 0.05) is 0 Å². The number of carboxylic acid groups (broad SMARTS) is 1. The summed E-state index contributed by atoms with van der Waals surface area (Å²) >= 11 is 0. The maximum absolute atomic E-state index is 10.9. The van der Waals surface area contributed by atoms with E-state index in [1.165, 1.54) is 24.3 Å². The highest BCUT2D eigenvalue weighted by molar-refractivity contribution is 5.87. The summed E-state index contributed by atoms with van der Waals surface area (Å²) < 4.78 is 4.32. The van der Waals surface area contributed by atoms with Crippen LogP contribution in [0.4, 0.5) is 0 Å². The monoisotopic (exact) mass is 210 g/mol. The fourth-order valence-electron chi connectivity index (χ4n) is 1.05. The molecular weight excluding hydrogens is 200 g/mol. The van der Waals surface area contributed by atoms with E-state index in [2.05, 4.69) is 4.74 Å². The largest absolute Gasteiger partial charge is 0.478 e. The number of hydrogen-bond acceptors (Lipinski definition) is 4. The standard InChI is InChI=1S/C10H10O5/c11-6-15-9(12)5-7-1-3-8(4-2-7)10(13)14/h1-4,11H,5-6H2,(H,13,14). The number of aromatic carboxylic acids is 1. The van der Waals surface area contributed by atoms with Gasteiger partial charge in [0.25, 0.3) is 0 Å². The van der Waals surface area contributed by atoms with Gasteiger partial charge in [0.05, 0.1) is 12.0 Å². The van der Waals surface area contributed by atoms with Gasteiger partial charge in [-0.2, -0.15) is 0 Å². The number of carbonyl (C=O) groups is 2. The van der Waals surface area contributed by atoms with Gasteiger partial charge in [-0.25, -0.2) is 4.79 Å². The quantitative estimate of drug-likeness (QED) is 0.555. The summed E-state index contributed by atoms with van der Waals surface area (Å²) in [6.07, 6.45) is 0.0143. The molecule has 0 aliphatic carbocycles. The molecule has 2 N–H and O–H groups in total. The van der Waals surface area contributed by atoms with E-state index >= 15 is 0 Å². The number of rotatable bonds is 4. The second-order valence-corrected chi connectivity index (χ2v) is 2.82. The zero-order chi connectivity index (χ0) is 11.3. The van der Waals surface area contributed by atoms with Crippen LogP contribution in [0.25, 0.3) is 0 Å². The summed E-state index contributed by atoms with van der Waals surface area (Å²) in [5.74, 6) is -1.57. The van der Waals surface area contributed by atoms with E-state index in [0.717, 1.165) is 0 Å². The van der Waals surface area contributed by atoms with Crippen molar-refractivity contribution in [2.45, 2.75) is 6.42 Å². The third kappa shape index (κ3) is 3.40. The van der Waals surface area contributed by atoms with Gasteiger partial charge < -0.3 is 14.9 Å². The Bertz CT molecular complexity index is 355. The first kappa shape index (κ1) is 11.2. The van der Waals surface area contributed by atoms with Crippen molar-refractivity contribution in [3.63, 3.8) is 0 Å². The van der Waals surface area contributed by atoms with Gasteiger partial charge in [0.15, 0.2) is 6.79 Å². The molecule has 0 amide bonds. The second-order valence-electron chi connectivity index (χ2n) is 2.82. The molecule has 0 fully saturated rings. The van der Waals surface area contributed by atoms with Crippen molar-refractivity contribution >= 4 is 11.9 Å². The normalized spacial score (nSPS) is 9.67. The average Bonchev–Trinajstić information content (AvgIpc) is 2.18. The Morgan fingerprint density at radius 1 is 1.20 bits per heavy atom. The van der Waals surface area contributed by atoms with E-state index in [0.29, 0.717) is 5.56 Å². The number of hydrogen-bond donors (Lipinski definition) is 2. The van der Waals surface area contributed by atoms with Crippen molar-refractivity contribution in [1.29, 1.82) is 0 Å². The average molecular weight is 210 g/mol. The first-order chi connectivity index (χ1) is 7.13. The van der Waals surface area contributed by atoms with Crippen molar-refractivity contribution in [2.75, 3.05) is 6.79 Å². The molecule has 1 rings (SSSR count). The number of aliphatic hydroxyl groups is 1. The Balaban J connectivity index is 2.64. The van der Waals surface area contributed by atoms with Crippen LogP contribution in [0.1, 0.15) is 15.9 Å². The van der Waals surface area contributed by atoms with Crippen LogP contribution in [0, 0.1) is 0 Å². The number of ether oxygens (including phenoxy) is 1. The fourth-order valence-corrected chi connectivity index (χ4v) is 1.05. The molecule has 1 aromatic carbocycles. The Morgan fingerprint density at radius 2 is 1.80 bits per heavy atom. The summed E-state index contributed by atoms with van der Waals surface area (Å²) in [7, 11) is 0. The summed E-state index contributed by atoms with van der Waals surface area (Å²) in [5.41, 5.74) is 0.799. The van der Waals surface area contributed by atoms with Gasteiger partial charge >= 0.3 is 11.9 Å². The second kappa shape index (κ2) is 5.11. The SMILES string of the molecule is O=C(Cc1ccc(C(=O)O)cc1)OCO. The molecule has 0 spiro atoms. The number of carbonyl (C=O) groups excluding carboxylic acids is 1. The smallest absolute Gasteiger partial charge is 0.335 e. The van der Waals surface area contributed by atoms with Crippen LogP contribution in [0.2, 0.25) is 0 Å². The van der Waals surface area contributed by atoms with Gasteiger partial charge in [-0.05, 0) is 17.7 Å². The minimum atomic E-state index is -1.01. The Kier molecular flexibility index (Phi) is 3.82. The van der Waals surface area contributed by atoms with E-state index in [-0.39, 0.29) is 12.0 Å². The molecule has 0 aliphatic heterocycles. The van der Waals surface area contributed by atoms with Crippen molar-refractivity contribution < 1.29 is 24.5 Å². The van der Waals surface area contributed by atoms with Crippen LogP contribution in [0.3, 0.4) is 0 Å². The molecule has 80 valence electrons. The highest BCUT2D eigenvalue weighted by Gasteiger charge is 2.06. The first-order valence-electron chi connectivity index (χ1n) is 4.22.